The largest absolute Gasteiger partial charge is 0.488 e. The van der Waals surface area contributed by atoms with Crippen LogP contribution in [0.4, 0.5) is 0 Å². The van der Waals surface area contributed by atoms with Crippen LogP contribution in [0.5, 0.6) is 5.75 Å². The number of nitrogens with zero attached hydrogens (tertiary/aromatic N) is 2. The summed E-state index contributed by atoms with van der Waals surface area (Å²) in [5, 5.41) is 9.11. The molecule has 0 fully saturated rings. The zero-order valence-corrected chi connectivity index (χ0v) is 27.0. The van der Waals surface area contributed by atoms with Gasteiger partial charge in [0.1, 0.15) is 12.4 Å². The molecule has 0 saturated heterocycles. The van der Waals surface area contributed by atoms with E-state index in [4.69, 9.17) is 19.6 Å². The van der Waals surface area contributed by atoms with E-state index in [2.05, 4.69) is 15.9 Å². The fraction of sp³-hybridized carbons (Fsp3) is 0.111. The van der Waals surface area contributed by atoms with Gasteiger partial charge in [0.05, 0.1) is 38.5 Å². The van der Waals surface area contributed by atoms with Gasteiger partial charge in [0.2, 0.25) is 0 Å². The molecule has 2 heterocycles. The van der Waals surface area contributed by atoms with Gasteiger partial charge < -0.3 is 14.6 Å². The normalized spacial score (nSPS) is 14.4. The average molecular weight is 696 g/mol. The highest BCUT2D eigenvalue weighted by molar-refractivity contribution is 9.10. The molecule has 1 N–H and O–H groups in total. The quantitative estimate of drug-likeness (QED) is 0.191. The van der Waals surface area contributed by atoms with Crippen LogP contribution < -0.4 is 19.6 Å². The third-order valence-corrected chi connectivity index (χ3v) is 8.94. The third kappa shape index (κ3) is 6.35. The van der Waals surface area contributed by atoms with Crippen molar-refractivity contribution < 1.29 is 24.2 Å². The number of halogens is 1. The molecule has 0 unspecified atom stereocenters. The molecule has 4 aromatic carbocycles. The van der Waals surface area contributed by atoms with Crippen molar-refractivity contribution in [3.63, 3.8) is 0 Å². The highest BCUT2D eigenvalue weighted by Crippen LogP contribution is 2.35. The van der Waals surface area contributed by atoms with Crippen LogP contribution in [0.25, 0.3) is 11.8 Å². The molecule has 0 aliphatic carbocycles. The van der Waals surface area contributed by atoms with Crippen molar-refractivity contribution in [3.05, 3.63) is 161 Å². The van der Waals surface area contributed by atoms with E-state index < -0.39 is 18.0 Å². The Bertz CT molecular complexity index is 2140. The predicted octanol–water partition coefficient (Wildman–Crippen LogP) is 5.98. The first kappa shape index (κ1) is 30.9. The van der Waals surface area contributed by atoms with Crippen molar-refractivity contribution in [2.24, 2.45) is 4.99 Å². The second-order valence-electron chi connectivity index (χ2n) is 10.3. The minimum Gasteiger partial charge on any atom is -0.488 e. The van der Waals surface area contributed by atoms with E-state index in [0.717, 1.165) is 22.3 Å². The Labute approximate surface area is 276 Å². The van der Waals surface area contributed by atoms with Crippen molar-refractivity contribution >= 4 is 51.0 Å². The Morgan fingerprint density at radius 1 is 0.978 bits per heavy atom. The Kier molecular flexibility index (Phi) is 9.09. The number of fused-ring (bicyclic) bond motifs is 1. The highest BCUT2D eigenvalue weighted by atomic mass is 79.9. The van der Waals surface area contributed by atoms with E-state index in [9.17, 15) is 14.4 Å². The molecule has 10 heteroatoms. The average Bonchev–Trinajstić information content (AvgIpc) is 3.38. The van der Waals surface area contributed by atoms with Crippen LogP contribution in [0.15, 0.2) is 123 Å². The number of carbonyl (C=O) groups excluding carboxylic acids is 1. The molecule has 1 atom stereocenters. The number of carbonyl (C=O) groups is 2. The van der Waals surface area contributed by atoms with Gasteiger partial charge in [-0.1, -0.05) is 90.2 Å². The first-order valence-corrected chi connectivity index (χ1v) is 16.0. The van der Waals surface area contributed by atoms with Crippen molar-refractivity contribution in [2.75, 3.05) is 6.61 Å². The lowest BCUT2D eigenvalue weighted by Crippen LogP contribution is -2.39. The van der Waals surface area contributed by atoms with Crippen LogP contribution >= 0.6 is 27.3 Å². The monoisotopic (exact) mass is 694 g/mol. The maximum absolute atomic E-state index is 14.1. The summed E-state index contributed by atoms with van der Waals surface area (Å²) < 4.78 is 14.2. The van der Waals surface area contributed by atoms with Crippen LogP contribution in [0.1, 0.15) is 45.6 Å². The van der Waals surface area contributed by atoms with E-state index in [1.54, 1.807) is 35.8 Å². The summed E-state index contributed by atoms with van der Waals surface area (Å²) in [7, 11) is 0. The molecular formula is C36H27BrN2O6S. The van der Waals surface area contributed by atoms with Crippen molar-refractivity contribution in [3.8, 4) is 5.75 Å². The fourth-order valence-corrected chi connectivity index (χ4v) is 6.68. The number of carboxylic acids is 1. The molecule has 0 spiro atoms. The molecule has 0 saturated carbocycles. The molecule has 0 radical (unpaired) electrons. The number of aromatic nitrogens is 1. The Balaban J connectivity index is 1.40. The van der Waals surface area contributed by atoms with Gasteiger partial charge in [-0.25, -0.2) is 14.6 Å². The van der Waals surface area contributed by atoms with E-state index in [0.29, 0.717) is 30.8 Å². The zero-order chi connectivity index (χ0) is 32.2. The number of aromatic carboxylic acids is 1. The fourth-order valence-electron chi connectivity index (χ4n) is 5.17. The highest BCUT2D eigenvalue weighted by Gasteiger charge is 2.35. The number of esters is 1. The summed E-state index contributed by atoms with van der Waals surface area (Å²) in [4.78, 5) is 44.1. The number of hydrogen-bond donors (Lipinski definition) is 1. The lowest BCUT2D eigenvalue weighted by atomic mass is 9.93. The SMILES string of the molecule is CCOC(=O)C1=C(c2ccccc2)N=c2s/c(=C/c3ccc(OCc4ccc(C(=O)O)cc4)c(Br)c3)c(=O)n2[C@H]1c1ccccc1. The summed E-state index contributed by atoms with van der Waals surface area (Å²) in [5.74, 6) is -0.910. The molecule has 6 rings (SSSR count). The van der Waals surface area contributed by atoms with Gasteiger partial charge in [0.25, 0.3) is 5.56 Å². The second-order valence-corrected chi connectivity index (χ2v) is 12.2. The van der Waals surface area contributed by atoms with E-state index in [1.807, 2.05) is 72.8 Å². The Morgan fingerprint density at radius 2 is 1.67 bits per heavy atom. The summed E-state index contributed by atoms with van der Waals surface area (Å²) in [6, 6.07) is 30.1. The van der Waals surface area contributed by atoms with Crippen molar-refractivity contribution in [1.29, 1.82) is 0 Å². The third-order valence-electron chi connectivity index (χ3n) is 7.34. The van der Waals surface area contributed by atoms with Gasteiger partial charge in [-0.3, -0.25) is 9.36 Å². The summed E-state index contributed by atoms with van der Waals surface area (Å²) in [5.41, 5.74) is 3.83. The number of rotatable bonds is 9. The Morgan fingerprint density at radius 3 is 2.33 bits per heavy atom. The molecule has 8 nitrogen and oxygen atoms in total. The van der Waals surface area contributed by atoms with Crippen LogP contribution in [0, 0.1) is 0 Å². The Hall–Kier alpha value is -5.06. The first-order chi connectivity index (χ1) is 22.3. The van der Waals surface area contributed by atoms with Crippen LogP contribution in [-0.4, -0.2) is 28.2 Å². The number of ether oxygens (including phenoxy) is 2. The molecule has 46 heavy (non-hydrogen) atoms. The lowest BCUT2D eigenvalue weighted by molar-refractivity contribution is -0.138. The number of benzene rings is 4. The maximum atomic E-state index is 14.1. The molecule has 0 bridgehead atoms. The number of thiazole rings is 1. The second kappa shape index (κ2) is 13.5. The van der Waals surface area contributed by atoms with Gasteiger partial charge in [-0.15, -0.1) is 0 Å². The van der Waals surface area contributed by atoms with Gasteiger partial charge in [0, 0.05) is 5.56 Å². The van der Waals surface area contributed by atoms with Crippen LogP contribution in [0.2, 0.25) is 0 Å². The zero-order valence-electron chi connectivity index (χ0n) is 24.6. The van der Waals surface area contributed by atoms with Gasteiger partial charge >= 0.3 is 11.9 Å². The molecular weight excluding hydrogens is 668 g/mol. The van der Waals surface area contributed by atoms with Crippen molar-refractivity contribution in [1.82, 2.24) is 4.57 Å². The lowest BCUT2D eigenvalue weighted by Gasteiger charge is -2.25. The summed E-state index contributed by atoms with van der Waals surface area (Å²) in [6.45, 7) is 2.19. The van der Waals surface area contributed by atoms with Crippen molar-refractivity contribution in [2.45, 2.75) is 19.6 Å². The first-order valence-electron chi connectivity index (χ1n) is 14.4. The van der Waals surface area contributed by atoms with E-state index in [-0.39, 0.29) is 24.3 Å². The standard InChI is InChI=1S/C36H27BrN2O6S/c1-2-44-35(43)30-31(24-9-5-3-6-10-24)38-36-39(32(30)25-11-7-4-8-12-25)33(40)29(46-36)20-23-15-18-28(27(37)19-23)45-21-22-13-16-26(17-14-22)34(41)42/h3-20,32H,2,21H2,1H3,(H,41,42)/b29-20+/t32-/m0/s1. The predicted molar refractivity (Wildman–Crippen MR) is 179 cm³/mol. The minimum absolute atomic E-state index is 0.182. The smallest absolute Gasteiger partial charge is 0.338 e. The maximum Gasteiger partial charge on any atom is 0.338 e. The molecule has 1 aliphatic rings. The van der Waals surface area contributed by atoms with E-state index in [1.165, 1.54) is 23.5 Å². The van der Waals surface area contributed by atoms with E-state index >= 15 is 0 Å². The molecule has 1 aromatic heterocycles. The molecule has 230 valence electrons. The van der Waals surface area contributed by atoms with Crippen LogP contribution in [-0.2, 0) is 16.1 Å². The number of carboxylic acid groups (broad SMARTS) is 1. The topological polar surface area (TPSA) is 107 Å². The molecule has 1 aliphatic heterocycles. The summed E-state index contributed by atoms with van der Waals surface area (Å²) >= 11 is 4.83. The number of hydrogen-bond acceptors (Lipinski definition) is 7. The van der Waals surface area contributed by atoms with Gasteiger partial charge in [0.15, 0.2) is 4.80 Å². The summed E-state index contributed by atoms with van der Waals surface area (Å²) in [6.07, 6.45) is 1.79. The molecule has 5 aromatic rings. The molecule has 0 amide bonds. The van der Waals surface area contributed by atoms with Gasteiger partial charge in [-0.05, 0) is 69.9 Å². The van der Waals surface area contributed by atoms with Crippen LogP contribution in [0.3, 0.4) is 0 Å². The minimum atomic E-state index is -0.982. The van der Waals surface area contributed by atoms with Gasteiger partial charge in [-0.2, -0.15) is 0 Å².